The minimum Gasteiger partial charge on any atom is -0.481 e. The van der Waals surface area contributed by atoms with Crippen LogP contribution in [0.15, 0.2) is 24.3 Å². The van der Waals surface area contributed by atoms with Crippen LogP contribution in [-0.4, -0.2) is 16.2 Å². The Morgan fingerprint density at radius 2 is 1.94 bits per heavy atom. The van der Waals surface area contributed by atoms with Crippen LogP contribution in [0.4, 0.5) is 0 Å². The third-order valence-electron chi connectivity index (χ3n) is 2.73. The van der Waals surface area contributed by atoms with Gasteiger partial charge in [-0.2, -0.15) is 0 Å². The maximum absolute atomic E-state index is 11.1. The molecule has 0 saturated carbocycles. The summed E-state index contributed by atoms with van der Waals surface area (Å²) in [4.78, 5) is 11.1. The third kappa shape index (κ3) is 2.83. The molecule has 3 nitrogen and oxygen atoms in total. The van der Waals surface area contributed by atoms with E-state index in [4.69, 9.17) is 5.11 Å². The van der Waals surface area contributed by atoms with Crippen LogP contribution in [0, 0.1) is 18.8 Å². The molecule has 88 valence electrons. The van der Waals surface area contributed by atoms with Gasteiger partial charge >= 0.3 is 5.97 Å². The van der Waals surface area contributed by atoms with Gasteiger partial charge in [-0.15, -0.1) is 0 Å². The number of rotatable bonds is 4. The topological polar surface area (TPSA) is 57.5 Å². The molecule has 0 amide bonds. The van der Waals surface area contributed by atoms with Crippen LogP contribution < -0.4 is 0 Å². The summed E-state index contributed by atoms with van der Waals surface area (Å²) in [6, 6.07) is 7.33. The summed E-state index contributed by atoms with van der Waals surface area (Å²) in [5.41, 5.74) is 1.69. The highest BCUT2D eigenvalue weighted by molar-refractivity contribution is 5.71. The number of aryl methyl sites for hydroxylation is 1. The Kier molecular flexibility index (Phi) is 4.07. The Labute approximate surface area is 95.7 Å². The summed E-state index contributed by atoms with van der Waals surface area (Å²) in [6.45, 7) is 5.52. The number of aliphatic hydroxyl groups is 1. The van der Waals surface area contributed by atoms with E-state index in [9.17, 15) is 9.90 Å². The second-order valence-electron chi connectivity index (χ2n) is 4.47. The quantitative estimate of drug-likeness (QED) is 0.822. The molecule has 16 heavy (non-hydrogen) atoms. The second-order valence-corrected chi connectivity index (χ2v) is 4.47. The molecule has 1 rings (SSSR count). The first-order valence-electron chi connectivity index (χ1n) is 5.41. The fraction of sp³-hybridized carbons (Fsp3) is 0.462. The van der Waals surface area contributed by atoms with E-state index in [1.54, 1.807) is 19.9 Å². The lowest BCUT2D eigenvalue weighted by molar-refractivity contribution is -0.148. The van der Waals surface area contributed by atoms with E-state index >= 15 is 0 Å². The average molecular weight is 222 g/mol. The van der Waals surface area contributed by atoms with E-state index in [1.165, 1.54) is 0 Å². The van der Waals surface area contributed by atoms with Gasteiger partial charge in [0.25, 0.3) is 0 Å². The van der Waals surface area contributed by atoms with Gasteiger partial charge in [-0.25, -0.2) is 0 Å². The van der Waals surface area contributed by atoms with E-state index in [0.29, 0.717) is 5.56 Å². The Bertz CT molecular complexity index is 371. The average Bonchev–Trinajstić information content (AvgIpc) is 2.16. The van der Waals surface area contributed by atoms with Crippen molar-refractivity contribution in [2.45, 2.75) is 26.9 Å². The molecular formula is C13H18O3. The second kappa shape index (κ2) is 5.12. The number of carboxylic acids is 1. The van der Waals surface area contributed by atoms with Crippen LogP contribution in [0.1, 0.15) is 31.1 Å². The van der Waals surface area contributed by atoms with E-state index in [2.05, 4.69) is 0 Å². The smallest absolute Gasteiger partial charge is 0.309 e. The lowest BCUT2D eigenvalue weighted by Crippen LogP contribution is -2.26. The van der Waals surface area contributed by atoms with Gasteiger partial charge in [-0.1, -0.05) is 43.7 Å². The van der Waals surface area contributed by atoms with Crippen molar-refractivity contribution in [3.63, 3.8) is 0 Å². The predicted octanol–water partition coefficient (Wildman–Crippen LogP) is 2.39. The first-order valence-corrected chi connectivity index (χ1v) is 5.41. The highest BCUT2D eigenvalue weighted by Crippen LogP contribution is 2.28. The zero-order valence-electron chi connectivity index (χ0n) is 9.84. The molecule has 0 aliphatic rings. The first kappa shape index (κ1) is 12.7. The van der Waals surface area contributed by atoms with Gasteiger partial charge < -0.3 is 10.2 Å². The van der Waals surface area contributed by atoms with E-state index in [1.807, 2.05) is 25.1 Å². The molecule has 2 N–H and O–H groups in total. The lowest BCUT2D eigenvalue weighted by atomic mass is 9.86. The normalized spacial score (nSPS) is 14.8. The van der Waals surface area contributed by atoms with E-state index < -0.39 is 18.0 Å². The molecule has 0 aliphatic carbocycles. The fourth-order valence-corrected chi connectivity index (χ4v) is 1.85. The zero-order chi connectivity index (χ0) is 12.3. The number of aliphatic hydroxyl groups excluding tert-OH is 1. The summed E-state index contributed by atoms with van der Waals surface area (Å²) in [5.74, 6) is -1.82. The molecular weight excluding hydrogens is 204 g/mol. The molecule has 0 spiro atoms. The Morgan fingerprint density at radius 3 is 2.38 bits per heavy atom. The maximum atomic E-state index is 11.1. The van der Waals surface area contributed by atoms with Gasteiger partial charge in [0.2, 0.25) is 0 Å². The van der Waals surface area contributed by atoms with Gasteiger partial charge in [0, 0.05) is 0 Å². The van der Waals surface area contributed by atoms with Crippen molar-refractivity contribution in [2.75, 3.05) is 0 Å². The minimum atomic E-state index is -0.955. The first-order chi connectivity index (χ1) is 7.43. The number of carboxylic acid groups (broad SMARTS) is 1. The Hall–Kier alpha value is -1.35. The van der Waals surface area contributed by atoms with Crippen molar-refractivity contribution in [3.8, 4) is 0 Å². The van der Waals surface area contributed by atoms with Crippen LogP contribution in [0.3, 0.4) is 0 Å². The van der Waals surface area contributed by atoms with Gasteiger partial charge in [0.1, 0.15) is 0 Å². The largest absolute Gasteiger partial charge is 0.481 e. The third-order valence-corrected chi connectivity index (χ3v) is 2.73. The molecule has 0 aromatic heterocycles. The molecule has 0 aliphatic heterocycles. The lowest BCUT2D eigenvalue weighted by Gasteiger charge is -2.22. The number of benzene rings is 1. The standard InChI is InChI=1S/C13H18O3/c1-8(2)11(13(15)16)12(14)10-6-4-5-9(3)7-10/h4-8,11-12,14H,1-3H3,(H,15,16). The molecule has 1 aromatic rings. The minimum absolute atomic E-state index is 0.104. The van der Waals surface area contributed by atoms with Crippen LogP contribution in [0.25, 0.3) is 0 Å². The SMILES string of the molecule is Cc1cccc(C(O)C(C(=O)O)C(C)C)c1. The van der Waals surface area contributed by atoms with Crippen molar-refractivity contribution < 1.29 is 15.0 Å². The van der Waals surface area contributed by atoms with Crippen molar-refractivity contribution in [1.29, 1.82) is 0 Å². The van der Waals surface area contributed by atoms with Gasteiger partial charge in [-0.3, -0.25) is 4.79 Å². The van der Waals surface area contributed by atoms with Crippen LogP contribution >= 0.6 is 0 Å². The molecule has 0 fully saturated rings. The maximum Gasteiger partial charge on any atom is 0.309 e. The number of aliphatic carboxylic acids is 1. The molecule has 3 heteroatoms. The Morgan fingerprint density at radius 1 is 1.31 bits per heavy atom. The summed E-state index contributed by atoms with van der Waals surface area (Å²) >= 11 is 0. The molecule has 0 heterocycles. The van der Waals surface area contributed by atoms with Crippen LogP contribution in [0.2, 0.25) is 0 Å². The number of hydrogen-bond donors (Lipinski definition) is 2. The van der Waals surface area contributed by atoms with Crippen molar-refractivity contribution in [3.05, 3.63) is 35.4 Å². The van der Waals surface area contributed by atoms with Crippen molar-refractivity contribution in [1.82, 2.24) is 0 Å². The summed E-state index contributed by atoms with van der Waals surface area (Å²) in [5, 5.41) is 19.1. The Balaban J connectivity index is 2.99. The molecule has 1 aromatic carbocycles. The van der Waals surface area contributed by atoms with Gasteiger partial charge in [0.05, 0.1) is 12.0 Å². The predicted molar refractivity (Wildman–Crippen MR) is 62.1 cm³/mol. The summed E-state index contributed by atoms with van der Waals surface area (Å²) in [6.07, 6.45) is -0.947. The number of carbonyl (C=O) groups is 1. The monoisotopic (exact) mass is 222 g/mol. The van der Waals surface area contributed by atoms with Crippen LogP contribution in [0.5, 0.6) is 0 Å². The van der Waals surface area contributed by atoms with Crippen molar-refractivity contribution in [2.24, 2.45) is 11.8 Å². The summed E-state index contributed by atoms with van der Waals surface area (Å²) in [7, 11) is 0. The van der Waals surface area contributed by atoms with Gasteiger partial charge in [0.15, 0.2) is 0 Å². The zero-order valence-corrected chi connectivity index (χ0v) is 9.84. The van der Waals surface area contributed by atoms with E-state index in [-0.39, 0.29) is 5.92 Å². The van der Waals surface area contributed by atoms with Crippen molar-refractivity contribution >= 4 is 5.97 Å². The molecule has 2 atom stereocenters. The van der Waals surface area contributed by atoms with E-state index in [0.717, 1.165) is 5.56 Å². The fourth-order valence-electron chi connectivity index (χ4n) is 1.85. The number of hydrogen-bond acceptors (Lipinski definition) is 2. The van der Waals surface area contributed by atoms with Crippen LogP contribution in [-0.2, 0) is 4.79 Å². The molecule has 0 bridgehead atoms. The highest BCUT2D eigenvalue weighted by Gasteiger charge is 2.30. The molecule has 0 radical (unpaired) electrons. The molecule has 0 saturated heterocycles. The molecule has 2 unspecified atom stereocenters. The summed E-state index contributed by atoms with van der Waals surface area (Å²) < 4.78 is 0. The van der Waals surface area contributed by atoms with Gasteiger partial charge in [-0.05, 0) is 18.4 Å². The highest BCUT2D eigenvalue weighted by atomic mass is 16.4.